The highest BCUT2D eigenvalue weighted by Gasteiger charge is 2.29. The minimum Gasteiger partial charge on any atom is -0.466 e. The smallest absolute Gasteiger partial charge is 0.416 e. The van der Waals surface area contributed by atoms with Gasteiger partial charge in [-0.05, 0) is 24.6 Å². The molecule has 0 radical (unpaired) electrons. The molecule has 0 saturated carbocycles. The lowest BCUT2D eigenvalue weighted by molar-refractivity contribution is -0.144. The molecule has 0 bridgehead atoms. The summed E-state index contributed by atoms with van der Waals surface area (Å²) in [7, 11) is 0. The van der Waals surface area contributed by atoms with Gasteiger partial charge in [0.1, 0.15) is 6.61 Å². The minimum absolute atomic E-state index is 0.0516. The highest BCUT2D eigenvalue weighted by molar-refractivity contribution is 5.79. The largest absolute Gasteiger partial charge is 0.466 e. The van der Waals surface area contributed by atoms with E-state index in [9.17, 15) is 18.0 Å². The SMILES string of the molecule is CCOC(=O)CCO/N=C/c1ccc(C(F)(F)F)cc1. The standard InChI is InChI=1S/C13H14F3NO3/c1-2-19-12(18)7-8-20-17-9-10-3-5-11(6-4-10)13(14,15)16/h3-6,9H,2,7-8H2,1H3/b17-9+. The van der Waals surface area contributed by atoms with Crippen LogP contribution in [0.5, 0.6) is 0 Å². The molecule has 0 heterocycles. The maximum atomic E-state index is 12.3. The van der Waals surface area contributed by atoms with E-state index in [-0.39, 0.29) is 13.0 Å². The summed E-state index contributed by atoms with van der Waals surface area (Å²) in [4.78, 5) is 15.7. The molecule has 0 aliphatic rings. The molecule has 1 aromatic rings. The van der Waals surface area contributed by atoms with Crippen molar-refractivity contribution in [3.63, 3.8) is 0 Å². The second kappa shape index (κ2) is 7.52. The Hall–Kier alpha value is -2.05. The molecule has 110 valence electrons. The number of hydrogen-bond acceptors (Lipinski definition) is 4. The van der Waals surface area contributed by atoms with Gasteiger partial charge in [0.25, 0.3) is 0 Å². The summed E-state index contributed by atoms with van der Waals surface area (Å²) in [5.74, 6) is -0.391. The highest BCUT2D eigenvalue weighted by Crippen LogP contribution is 2.28. The Morgan fingerprint density at radius 2 is 1.95 bits per heavy atom. The number of oxime groups is 1. The summed E-state index contributed by atoms with van der Waals surface area (Å²) < 4.78 is 41.6. The third-order valence-corrected chi connectivity index (χ3v) is 2.22. The van der Waals surface area contributed by atoms with E-state index < -0.39 is 17.7 Å². The van der Waals surface area contributed by atoms with Crippen molar-refractivity contribution in [3.05, 3.63) is 35.4 Å². The van der Waals surface area contributed by atoms with Crippen molar-refractivity contribution in [2.75, 3.05) is 13.2 Å². The lowest BCUT2D eigenvalue weighted by Gasteiger charge is -2.05. The number of alkyl halides is 3. The van der Waals surface area contributed by atoms with Crippen molar-refractivity contribution in [2.24, 2.45) is 5.16 Å². The average molecular weight is 289 g/mol. The van der Waals surface area contributed by atoms with Crippen LogP contribution in [-0.4, -0.2) is 25.4 Å². The first-order chi connectivity index (χ1) is 9.43. The number of halogens is 3. The molecule has 0 aliphatic heterocycles. The summed E-state index contributed by atoms with van der Waals surface area (Å²) in [5, 5.41) is 3.55. The number of carbonyl (C=O) groups is 1. The van der Waals surface area contributed by atoms with Crippen molar-refractivity contribution in [3.8, 4) is 0 Å². The van der Waals surface area contributed by atoms with Gasteiger partial charge in [0, 0.05) is 0 Å². The van der Waals surface area contributed by atoms with Gasteiger partial charge in [-0.1, -0.05) is 17.3 Å². The Morgan fingerprint density at radius 3 is 2.50 bits per heavy atom. The molecule has 0 unspecified atom stereocenters. The monoisotopic (exact) mass is 289 g/mol. The molecule has 0 N–H and O–H groups in total. The van der Waals surface area contributed by atoms with Gasteiger partial charge >= 0.3 is 12.1 Å². The Bertz CT molecular complexity index is 455. The fourth-order valence-electron chi connectivity index (χ4n) is 1.27. The maximum Gasteiger partial charge on any atom is 0.416 e. The molecule has 1 aromatic carbocycles. The summed E-state index contributed by atoms with van der Waals surface area (Å²) in [6.07, 6.45) is -3.02. The molecule has 4 nitrogen and oxygen atoms in total. The average Bonchev–Trinajstić information content (AvgIpc) is 2.38. The number of hydrogen-bond donors (Lipinski definition) is 0. The summed E-state index contributed by atoms with van der Waals surface area (Å²) >= 11 is 0. The zero-order valence-corrected chi connectivity index (χ0v) is 10.8. The molecular weight excluding hydrogens is 275 g/mol. The molecule has 0 amide bonds. The van der Waals surface area contributed by atoms with Gasteiger partial charge in [0.15, 0.2) is 0 Å². The predicted octanol–water partition coefficient (Wildman–Crippen LogP) is 3.01. The van der Waals surface area contributed by atoms with Crippen LogP contribution in [0.2, 0.25) is 0 Å². The number of carbonyl (C=O) groups excluding carboxylic acids is 1. The van der Waals surface area contributed by atoms with Gasteiger partial charge in [0.2, 0.25) is 0 Å². The fraction of sp³-hybridized carbons (Fsp3) is 0.385. The topological polar surface area (TPSA) is 47.9 Å². The third kappa shape index (κ3) is 5.73. The number of ether oxygens (including phenoxy) is 1. The molecule has 0 spiro atoms. The van der Waals surface area contributed by atoms with Crippen LogP contribution in [0.1, 0.15) is 24.5 Å². The number of benzene rings is 1. The molecule has 1 rings (SSSR count). The highest BCUT2D eigenvalue weighted by atomic mass is 19.4. The van der Waals surface area contributed by atoms with E-state index >= 15 is 0 Å². The molecular formula is C13H14F3NO3. The van der Waals surface area contributed by atoms with Crippen LogP contribution in [0.4, 0.5) is 13.2 Å². The van der Waals surface area contributed by atoms with Gasteiger partial charge in [-0.3, -0.25) is 4.79 Å². The van der Waals surface area contributed by atoms with E-state index in [2.05, 4.69) is 9.89 Å². The fourth-order valence-corrected chi connectivity index (χ4v) is 1.27. The Labute approximate surface area is 114 Å². The van der Waals surface area contributed by atoms with Gasteiger partial charge in [-0.2, -0.15) is 13.2 Å². The van der Waals surface area contributed by atoms with E-state index in [1.807, 2.05) is 0 Å². The lowest BCUT2D eigenvalue weighted by Crippen LogP contribution is -2.06. The Kier molecular flexibility index (Phi) is 6.02. The number of rotatable bonds is 6. The lowest BCUT2D eigenvalue weighted by atomic mass is 10.1. The molecule has 0 saturated heterocycles. The van der Waals surface area contributed by atoms with E-state index in [1.54, 1.807) is 6.92 Å². The Morgan fingerprint density at radius 1 is 1.30 bits per heavy atom. The van der Waals surface area contributed by atoms with Gasteiger partial charge in [-0.25, -0.2) is 0 Å². The number of nitrogens with zero attached hydrogens (tertiary/aromatic N) is 1. The van der Waals surface area contributed by atoms with Gasteiger partial charge in [0.05, 0.1) is 24.8 Å². The van der Waals surface area contributed by atoms with Crippen LogP contribution in [0.3, 0.4) is 0 Å². The summed E-state index contributed by atoms with van der Waals surface area (Å²) in [5.41, 5.74) is -0.257. The zero-order valence-electron chi connectivity index (χ0n) is 10.8. The van der Waals surface area contributed by atoms with Crippen molar-refractivity contribution < 1.29 is 27.5 Å². The zero-order chi connectivity index (χ0) is 15.0. The quantitative estimate of drug-likeness (QED) is 0.350. The van der Waals surface area contributed by atoms with Crippen molar-refractivity contribution in [1.29, 1.82) is 0 Å². The first kappa shape index (κ1) is 16.0. The van der Waals surface area contributed by atoms with Crippen LogP contribution in [0, 0.1) is 0 Å². The van der Waals surface area contributed by atoms with E-state index in [0.717, 1.165) is 12.1 Å². The second-order valence-electron chi connectivity index (χ2n) is 3.74. The normalized spacial score (nSPS) is 11.6. The first-order valence-electron chi connectivity index (χ1n) is 5.91. The van der Waals surface area contributed by atoms with Crippen LogP contribution in [-0.2, 0) is 20.5 Å². The molecule has 0 atom stereocenters. The molecule has 20 heavy (non-hydrogen) atoms. The van der Waals surface area contributed by atoms with Gasteiger partial charge < -0.3 is 9.57 Å². The predicted molar refractivity (Wildman–Crippen MR) is 66.2 cm³/mol. The molecule has 0 fully saturated rings. The van der Waals surface area contributed by atoms with Crippen molar-refractivity contribution in [2.45, 2.75) is 19.5 Å². The summed E-state index contributed by atoms with van der Waals surface area (Å²) in [6, 6.07) is 4.47. The van der Waals surface area contributed by atoms with Crippen LogP contribution >= 0.6 is 0 Å². The minimum atomic E-state index is -4.36. The molecule has 7 heteroatoms. The van der Waals surface area contributed by atoms with E-state index in [1.165, 1.54) is 18.3 Å². The van der Waals surface area contributed by atoms with Crippen molar-refractivity contribution >= 4 is 12.2 Å². The first-order valence-corrected chi connectivity index (χ1v) is 5.91. The Balaban J connectivity index is 2.38. The van der Waals surface area contributed by atoms with Crippen molar-refractivity contribution in [1.82, 2.24) is 0 Å². The number of esters is 1. The van der Waals surface area contributed by atoms with E-state index in [4.69, 9.17) is 4.84 Å². The van der Waals surface area contributed by atoms with E-state index in [0.29, 0.717) is 12.2 Å². The van der Waals surface area contributed by atoms with Crippen LogP contribution < -0.4 is 0 Å². The maximum absolute atomic E-state index is 12.3. The van der Waals surface area contributed by atoms with Crippen LogP contribution in [0.15, 0.2) is 29.4 Å². The second-order valence-corrected chi connectivity index (χ2v) is 3.74. The summed E-state index contributed by atoms with van der Waals surface area (Å²) in [6.45, 7) is 2.05. The molecule has 0 aromatic heterocycles. The molecule has 0 aliphatic carbocycles. The van der Waals surface area contributed by atoms with Gasteiger partial charge in [-0.15, -0.1) is 0 Å². The van der Waals surface area contributed by atoms with Crippen LogP contribution in [0.25, 0.3) is 0 Å². The third-order valence-electron chi connectivity index (χ3n) is 2.22.